The third kappa shape index (κ3) is 8.75. The number of carbonyl (C=O) groups is 1. The molecule has 0 atom stereocenters. The van der Waals surface area contributed by atoms with E-state index in [1.165, 1.54) is 0 Å². The maximum Gasteiger partial charge on any atom is 0.333 e. The summed E-state index contributed by atoms with van der Waals surface area (Å²) in [6, 6.07) is 1.08. The Balaban J connectivity index is 3.37. The standard InChI is InChI=1S/C8H16N2O2Si3/c1-7(2)8(11)12-5-4-6-15(3)10-14-9-13/h9-10H,1,4-6H2,2-3H3. The zero-order valence-electron chi connectivity index (χ0n) is 9.14. The van der Waals surface area contributed by atoms with Crippen LogP contribution in [0.1, 0.15) is 13.3 Å². The Hall–Kier alpha value is -0.219. The van der Waals surface area contributed by atoms with Gasteiger partial charge >= 0.3 is 5.97 Å². The molecule has 15 heavy (non-hydrogen) atoms. The molecule has 0 saturated carbocycles. The van der Waals surface area contributed by atoms with Gasteiger partial charge in [-0.05, 0) is 19.4 Å². The Morgan fingerprint density at radius 2 is 2.33 bits per heavy atom. The molecule has 0 aromatic heterocycles. The van der Waals surface area contributed by atoms with E-state index in [1.807, 2.05) is 0 Å². The van der Waals surface area contributed by atoms with Gasteiger partial charge in [0.1, 0.15) is 19.4 Å². The normalized spacial score (nSPS) is 10.4. The van der Waals surface area contributed by atoms with Gasteiger partial charge < -0.3 is 14.0 Å². The number of hydrogen-bond donors (Lipinski definition) is 2. The van der Waals surface area contributed by atoms with Crippen LogP contribution < -0.4 is 9.30 Å². The van der Waals surface area contributed by atoms with E-state index in [0.717, 1.165) is 12.5 Å². The van der Waals surface area contributed by atoms with E-state index in [4.69, 9.17) is 4.74 Å². The van der Waals surface area contributed by atoms with Crippen molar-refractivity contribution in [3.63, 3.8) is 0 Å². The smallest absolute Gasteiger partial charge is 0.333 e. The van der Waals surface area contributed by atoms with Gasteiger partial charge in [-0.1, -0.05) is 13.1 Å². The molecule has 0 unspecified atom stereocenters. The van der Waals surface area contributed by atoms with Crippen LogP contribution in [0.25, 0.3) is 0 Å². The minimum atomic E-state index is -0.515. The molecule has 0 spiro atoms. The lowest BCUT2D eigenvalue weighted by Crippen LogP contribution is -2.40. The molecule has 4 nitrogen and oxygen atoms in total. The molecule has 82 valence electrons. The first-order valence-corrected chi connectivity index (χ1v) is 8.36. The van der Waals surface area contributed by atoms with Gasteiger partial charge in [0.2, 0.25) is 9.84 Å². The molecule has 0 saturated heterocycles. The van der Waals surface area contributed by atoms with Crippen molar-refractivity contribution < 1.29 is 9.53 Å². The van der Waals surface area contributed by atoms with Crippen molar-refractivity contribution in [1.82, 2.24) is 9.30 Å². The number of ether oxygens (including phenoxy) is 1. The second-order valence-corrected chi connectivity index (χ2v) is 7.49. The summed E-state index contributed by atoms with van der Waals surface area (Å²) >= 11 is 0. The summed E-state index contributed by atoms with van der Waals surface area (Å²) in [6.07, 6.45) is 0.906. The summed E-state index contributed by atoms with van der Waals surface area (Å²) in [7, 11) is 3.20. The fourth-order valence-corrected chi connectivity index (χ4v) is 3.67. The molecule has 0 bridgehead atoms. The van der Waals surface area contributed by atoms with Crippen LogP contribution >= 0.6 is 0 Å². The molecule has 6 radical (unpaired) electrons. The molecule has 0 heterocycles. The van der Waals surface area contributed by atoms with Crippen molar-refractivity contribution in [1.29, 1.82) is 0 Å². The van der Waals surface area contributed by atoms with E-state index in [1.54, 1.807) is 6.92 Å². The van der Waals surface area contributed by atoms with E-state index in [9.17, 15) is 4.79 Å². The Morgan fingerprint density at radius 3 is 2.87 bits per heavy atom. The van der Waals surface area contributed by atoms with E-state index >= 15 is 0 Å². The van der Waals surface area contributed by atoms with E-state index in [2.05, 4.69) is 32.8 Å². The summed E-state index contributed by atoms with van der Waals surface area (Å²) < 4.78 is 11.2. The van der Waals surface area contributed by atoms with Gasteiger partial charge in [-0.2, -0.15) is 0 Å². The third-order valence-electron chi connectivity index (χ3n) is 1.62. The number of carbonyl (C=O) groups excluding carboxylic acids is 1. The summed E-state index contributed by atoms with van der Waals surface area (Å²) in [4.78, 5) is 11.0. The summed E-state index contributed by atoms with van der Waals surface area (Å²) in [5.74, 6) is -0.295. The Morgan fingerprint density at radius 1 is 1.67 bits per heavy atom. The molecule has 0 aliphatic rings. The van der Waals surface area contributed by atoms with Crippen molar-refractivity contribution in [2.24, 2.45) is 0 Å². The third-order valence-corrected chi connectivity index (χ3v) is 5.43. The van der Waals surface area contributed by atoms with Crippen LogP contribution in [0.15, 0.2) is 12.2 Å². The molecule has 2 N–H and O–H groups in total. The molecule has 0 aromatic carbocycles. The molecule has 0 aliphatic heterocycles. The second kappa shape index (κ2) is 9.04. The fourth-order valence-electron chi connectivity index (χ4n) is 0.826. The highest BCUT2D eigenvalue weighted by Gasteiger charge is 2.06. The highest BCUT2D eigenvalue weighted by atomic mass is 28.3. The summed E-state index contributed by atoms with van der Waals surface area (Å²) in [5.41, 5.74) is 0.458. The lowest BCUT2D eigenvalue weighted by Gasteiger charge is -2.10. The molecule has 0 fully saturated rings. The molecular formula is C8H16N2O2Si3. The highest BCUT2D eigenvalue weighted by molar-refractivity contribution is 6.64. The molecule has 0 aliphatic carbocycles. The zero-order valence-corrected chi connectivity index (χ0v) is 12.1. The molecular weight excluding hydrogens is 240 g/mol. The largest absolute Gasteiger partial charge is 0.462 e. The fraction of sp³-hybridized carbons (Fsp3) is 0.625. The summed E-state index contributed by atoms with van der Waals surface area (Å²) in [5, 5.41) is 0. The van der Waals surface area contributed by atoms with Crippen molar-refractivity contribution >= 4 is 35.2 Å². The van der Waals surface area contributed by atoms with Crippen LogP contribution in [-0.4, -0.2) is 41.8 Å². The second-order valence-electron chi connectivity index (χ2n) is 3.18. The summed E-state index contributed by atoms with van der Waals surface area (Å²) in [6.45, 7) is 7.85. The number of hydrogen-bond acceptors (Lipinski definition) is 4. The van der Waals surface area contributed by atoms with Gasteiger partial charge in [-0.25, -0.2) is 4.79 Å². The van der Waals surface area contributed by atoms with Gasteiger partial charge in [0.15, 0.2) is 0 Å². The first-order chi connectivity index (χ1) is 7.07. The number of rotatable bonds is 8. The van der Waals surface area contributed by atoms with Crippen LogP contribution in [0.3, 0.4) is 0 Å². The van der Waals surface area contributed by atoms with Gasteiger partial charge in [0, 0.05) is 5.57 Å². The van der Waals surface area contributed by atoms with Crippen LogP contribution in [0.2, 0.25) is 12.6 Å². The minimum absolute atomic E-state index is 0.295. The zero-order chi connectivity index (χ0) is 11.7. The monoisotopic (exact) mass is 256 g/mol. The predicted octanol–water partition coefficient (Wildman–Crippen LogP) is -0.0860. The van der Waals surface area contributed by atoms with Crippen molar-refractivity contribution in [2.75, 3.05) is 6.61 Å². The lowest BCUT2D eigenvalue weighted by molar-refractivity contribution is -0.138. The quantitative estimate of drug-likeness (QED) is 0.276. The van der Waals surface area contributed by atoms with E-state index in [0.29, 0.717) is 22.0 Å². The number of nitrogens with one attached hydrogen (secondary N) is 2. The predicted molar refractivity (Wildman–Crippen MR) is 64.6 cm³/mol. The molecule has 0 rings (SSSR count). The first-order valence-electron chi connectivity index (χ1n) is 4.65. The van der Waals surface area contributed by atoms with E-state index in [-0.39, 0.29) is 5.97 Å². The van der Waals surface area contributed by atoms with Crippen molar-refractivity contribution in [3.8, 4) is 0 Å². The van der Waals surface area contributed by atoms with Crippen LogP contribution in [0.5, 0.6) is 0 Å². The minimum Gasteiger partial charge on any atom is -0.462 e. The van der Waals surface area contributed by atoms with E-state index < -0.39 is 8.96 Å². The molecule has 7 heteroatoms. The van der Waals surface area contributed by atoms with Gasteiger partial charge in [0.05, 0.1) is 6.61 Å². The maximum absolute atomic E-state index is 11.0. The average molecular weight is 256 g/mol. The number of esters is 1. The van der Waals surface area contributed by atoms with Crippen molar-refractivity contribution in [2.45, 2.75) is 25.9 Å². The SMILES string of the molecule is C=C(C)C(=O)OCCC[Si](C)N[Si]N[Si]. The Labute approximate surface area is 99.0 Å². The van der Waals surface area contributed by atoms with Gasteiger partial charge in [-0.15, -0.1) is 0 Å². The lowest BCUT2D eigenvalue weighted by atomic mass is 10.4. The van der Waals surface area contributed by atoms with Crippen LogP contribution in [-0.2, 0) is 9.53 Å². The maximum atomic E-state index is 11.0. The molecule has 0 aromatic rings. The van der Waals surface area contributed by atoms with Crippen LogP contribution in [0.4, 0.5) is 0 Å². The Kier molecular flexibility index (Phi) is 8.91. The average Bonchev–Trinajstić information content (AvgIpc) is 2.20. The van der Waals surface area contributed by atoms with Crippen molar-refractivity contribution in [3.05, 3.63) is 12.2 Å². The Bertz CT molecular complexity index is 214. The first kappa shape index (κ1) is 14.8. The highest BCUT2D eigenvalue weighted by Crippen LogP contribution is 1.98. The van der Waals surface area contributed by atoms with Gasteiger partial charge in [0.25, 0.3) is 0 Å². The van der Waals surface area contributed by atoms with Crippen LogP contribution in [0, 0.1) is 0 Å². The molecule has 0 amide bonds. The topological polar surface area (TPSA) is 50.4 Å². The van der Waals surface area contributed by atoms with Gasteiger partial charge in [-0.3, -0.25) is 0 Å².